The van der Waals surface area contributed by atoms with Crippen molar-refractivity contribution < 1.29 is 4.79 Å². The van der Waals surface area contributed by atoms with Gasteiger partial charge < -0.3 is 11.1 Å². The molecule has 0 fully saturated rings. The van der Waals surface area contributed by atoms with Crippen LogP contribution in [0.3, 0.4) is 0 Å². The molecule has 0 aromatic heterocycles. The number of hydrogen-bond acceptors (Lipinski definition) is 2. The first kappa shape index (κ1) is 15.3. The molecule has 0 unspecified atom stereocenters. The van der Waals surface area contributed by atoms with Crippen molar-refractivity contribution in [2.75, 3.05) is 11.1 Å². The lowest BCUT2D eigenvalue weighted by molar-refractivity contribution is 0.102. The van der Waals surface area contributed by atoms with Crippen molar-refractivity contribution in [3.05, 3.63) is 55.1 Å². The smallest absolute Gasteiger partial charge is 0.256 e. The molecule has 0 bridgehead atoms. The molecule has 2 rings (SSSR count). The van der Waals surface area contributed by atoms with E-state index < -0.39 is 0 Å². The molecule has 0 heterocycles. The monoisotopic (exact) mass is 444 g/mol. The van der Waals surface area contributed by atoms with E-state index in [-0.39, 0.29) is 5.91 Å². The van der Waals surface area contributed by atoms with Crippen LogP contribution in [0.5, 0.6) is 0 Å². The maximum atomic E-state index is 12.3. The number of nitrogens with one attached hydrogen (secondary N) is 1. The van der Waals surface area contributed by atoms with Crippen LogP contribution in [0.2, 0.25) is 0 Å². The molecule has 2 aromatic rings. The average molecular weight is 445 g/mol. The number of amides is 1. The summed E-state index contributed by atoms with van der Waals surface area (Å²) < 4.78 is 1.77. The molecule has 0 aliphatic rings. The van der Waals surface area contributed by atoms with E-state index in [2.05, 4.69) is 43.8 Å². The molecule has 20 heavy (non-hydrogen) atoms. The summed E-state index contributed by atoms with van der Waals surface area (Å²) in [5, 5.41) is 2.87. The molecule has 0 saturated carbocycles. The molecule has 0 radical (unpaired) electrons. The van der Waals surface area contributed by atoms with E-state index in [0.29, 0.717) is 16.9 Å². The lowest BCUT2D eigenvalue weighted by atomic mass is 10.1. The first-order chi connectivity index (χ1) is 9.38. The van der Waals surface area contributed by atoms with Crippen molar-refractivity contribution in [3.8, 4) is 0 Å². The highest BCUT2D eigenvalue weighted by molar-refractivity contribution is 14.1. The topological polar surface area (TPSA) is 55.1 Å². The zero-order valence-corrected chi connectivity index (χ0v) is 14.9. The molecule has 104 valence electrons. The van der Waals surface area contributed by atoms with Crippen LogP contribution in [-0.2, 0) is 0 Å². The van der Waals surface area contributed by atoms with Crippen LogP contribution in [0, 0.1) is 17.4 Å². The number of nitrogens with two attached hydrogens (primary N) is 1. The molecular formula is C15H14BrIN2O. The number of nitrogen functional groups attached to an aromatic ring is 1. The molecule has 0 saturated heterocycles. The van der Waals surface area contributed by atoms with E-state index in [1.54, 1.807) is 6.07 Å². The fourth-order valence-electron chi connectivity index (χ4n) is 1.81. The van der Waals surface area contributed by atoms with Crippen LogP contribution >= 0.6 is 38.5 Å². The standard InChI is InChI=1S/C15H14BrIN2O/c1-8-5-13(18)14(6-9(8)2)19-15(20)11-7-10(16)3-4-12(11)17/h3-7H,18H2,1-2H3,(H,19,20). The molecule has 0 aliphatic heterocycles. The number of carbonyl (C=O) groups is 1. The summed E-state index contributed by atoms with van der Waals surface area (Å²) in [5.41, 5.74) is 10.0. The largest absolute Gasteiger partial charge is 0.397 e. The van der Waals surface area contributed by atoms with Gasteiger partial charge >= 0.3 is 0 Å². The van der Waals surface area contributed by atoms with Gasteiger partial charge in [-0.15, -0.1) is 0 Å². The summed E-state index contributed by atoms with van der Waals surface area (Å²) in [7, 11) is 0. The number of anilines is 2. The summed E-state index contributed by atoms with van der Waals surface area (Å²) >= 11 is 5.52. The Morgan fingerprint density at radius 1 is 1.20 bits per heavy atom. The Labute approximate surface area is 140 Å². The van der Waals surface area contributed by atoms with Gasteiger partial charge in [0.1, 0.15) is 0 Å². The number of aryl methyl sites for hydroxylation is 2. The van der Waals surface area contributed by atoms with Gasteiger partial charge in [-0.05, 0) is 77.9 Å². The third-order valence-corrected chi connectivity index (χ3v) is 4.52. The Bertz CT molecular complexity index is 686. The summed E-state index contributed by atoms with van der Waals surface area (Å²) in [5.74, 6) is -0.161. The van der Waals surface area contributed by atoms with Gasteiger partial charge in [0.25, 0.3) is 5.91 Å². The highest BCUT2D eigenvalue weighted by Gasteiger charge is 2.12. The van der Waals surface area contributed by atoms with Gasteiger partial charge in [0, 0.05) is 8.04 Å². The van der Waals surface area contributed by atoms with Crippen LogP contribution in [0.25, 0.3) is 0 Å². The Kier molecular flexibility index (Phi) is 4.70. The average Bonchev–Trinajstić information content (AvgIpc) is 2.38. The molecule has 0 aliphatic carbocycles. The van der Waals surface area contributed by atoms with Crippen molar-refractivity contribution in [3.63, 3.8) is 0 Å². The molecule has 1 amide bonds. The second-order valence-corrected chi connectivity index (χ2v) is 6.68. The fraction of sp³-hybridized carbons (Fsp3) is 0.133. The van der Waals surface area contributed by atoms with Crippen LogP contribution in [0.4, 0.5) is 11.4 Å². The van der Waals surface area contributed by atoms with Crippen LogP contribution < -0.4 is 11.1 Å². The normalized spacial score (nSPS) is 10.4. The van der Waals surface area contributed by atoms with Crippen molar-refractivity contribution >= 4 is 55.8 Å². The van der Waals surface area contributed by atoms with Gasteiger partial charge in [0.2, 0.25) is 0 Å². The van der Waals surface area contributed by atoms with E-state index in [1.807, 2.05) is 38.1 Å². The predicted molar refractivity (Wildman–Crippen MR) is 95.1 cm³/mol. The number of carbonyl (C=O) groups excluding carboxylic acids is 1. The van der Waals surface area contributed by atoms with Crippen LogP contribution in [-0.4, -0.2) is 5.91 Å². The van der Waals surface area contributed by atoms with Gasteiger partial charge in [0.05, 0.1) is 16.9 Å². The molecule has 3 N–H and O–H groups in total. The maximum Gasteiger partial charge on any atom is 0.256 e. The number of rotatable bonds is 2. The maximum absolute atomic E-state index is 12.3. The number of hydrogen-bond donors (Lipinski definition) is 2. The van der Waals surface area contributed by atoms with Crippen molar-refractivity contribution in [1.82, 2.24) is 0 Å². The van der Waals surface area contributed by atoms with E-state index in [0.717, 1.165) is 19.2 Å². The van der Waals surface area contributed by atoms with E-state index in [1.165, 1.54) is 0 Å². The quantitative estimate of drug-likeness (QED) is 0.529. The first-order valence-electron chi connectivity index (χ1n) is 6.01. The van der Waals surface area contributed by atoms with Crippen molar-refractivity contribution in [2.24, 2.45) is 0 Å². The van der Waals surface area contributed by atoms with E-state index in [9.17, 15) is 4.79 Å². The lowest BCUT2D eigenvalue weighted by Crippen LogP contribution is -2.15. The Morgan fingerprint density at radius 3 is 2.55 bits per heavy atom. The van der Waals surface area contributed by atoms with Gasteiger partial charge in [-0.3, -0.25) is 4.79 Å². The van der Waals surface area contributed by atoms with E-state index >= 15 is 0 Å². The lowest BCUT2D eigenvalue weighted by Gasteiger charge is -2.12. The Hall–Kier alpha value is -1.08. The summed E-state index contributed by atoms with van der Waals surface area (Å²) in [6.07, 6.45) is 0. The Morgan fingerprint density at radius 2 is 1.85 bits per heavy atom. The van der Waals surface area contributed by atoms with Gasteiger partial charge in [-0.1, -0.05) is 15.9 Å². The Balaban J connectivity index is 2.32. The molecule has 3 nitrogen and oxygen atoms in total. The zero-order chi connectivity index (χ0) is 14.9. The summed E-state index contributed by atoms with van der Waals surface area (Å²) in [6, 6.07) is 9.37. The van der Waals surface area contributed by atoms with Crippen molar-refractivity contribution in [2.45, 2.75) is 13.8 Å². The zero-order valence-electron chi connectivity index (χ0n) is 11.1. The molecule has 0 atom stereocenters. The SMILES string of the molecule is Cc1cc(N)c(NC(=O)c2cc(Br)ccc2I)cc1C. The predicted octanol–water partition coefficient (Wildman–Crippen LogP) is 4.51. The second kappa shape index (κ2) is 6.13. The van der Waals surface area contributed by atoms with Crippen LogP contribution in [0.15, 0.2) is 34.8 Å². The minimum absolute atomic E-state index is 0.161. The van der Waals surface area contributed by atoms with E-state index in [4.69, 9.17) is 5.73 Å². The second-order valence-electron chi connectivity index (χ2n) is 4.60. The summed E-state index contributed by atoms with van der Waals surface area (Å²) in [4.78, 5) is 12.3. The molecule has 5 heteroatoms. The summed E-state index contributed by atoms with van der Waals surface area (Å²) in [6.45, 7) is 3.99. The minimum atomic E-state index is -0.161. The van der Waals surface area contributed by atoms with Gasteiger partial charge in [-0.25, -0.2) is 0 Å². The molecular weight excluding hydrogens is 431 g/mol. The third-order valence-electron chi connectivity index (χ3n) is 3.09. The third kappa shape index (κ3) is 3.32. The number of halogens is 2. The van der Waals surface area contributed by atoms with Crippen molar-refractivity contribution in [1.29, 1.82) is 0 Å². The fourth-order valence-corrected chi connectivity index (χ4v) is 2.75. The molecule has 2 aromatic carbocycles. The number of benzene rings is 2. The van der Waals surface area contributed by atoms with Gasteiger partial charge in [-0.2, -0.15) is 0 Å². The first-order valence-corrected chi connectivity index (χ1v) is 7.89. The molecule has 0 spiro atoms. The van der Waals surface area contributed by atoms with Gasteiger partial charge in [0.15, 0.2) is 0 Å². The highest BCUT2D eigenvalue weighted by atomic mass is 127. The van der Waals surface area contributed by atoms with Crippen LogP contribution in [0.1, 0.15) is 21.5 Å². The highest BCUT2D eigenvalue weighted by Crippen LogP contribution is 2.25. The minimum Gasteiger partial charge on any atom is -0.397 e.